The molecule has 0 aliphatic rings. The van der Waals surface area contributed by atoms with Crippen LogP contribution in [0.1, 0.15) is 23.6 Å². The van der Waals surface area contributed by atoms with Gasteiger partial charge in [0.15, 0.2) is 0 Å². The second-order valence-electron chi connectivity index (χ2n) is 5.32. The monoisotopic (exact) mass is 367 g/mol. The highest BCUT2D eigenvalue weighted by Crippen LogP contribution is 2.26. The normalized spacial score (nSPS) is 12.2. The van der Waals surface area contributed by atoms with E-state index >= 15 is 0 Å². The Balaban J connectivity index is 2.15. The summed E-state index contributed by atoms with van der Waals surface area (Å²) in [4.78, 5) is 0. The van der Waals surface area contributed by atoms with Crippen molar-refractivity contribution >= 4 is 27.5 Å². The van der Waals surface area contributed by atoms with Crippen LogP contribution in [-0.4, -0.2) is 6.04 Å². The Morgan fingerprint density at radius 2 is 1.95 bits per heavy atom. The third-order valence-corrected chi connectivity index (χ3v) is 4.00. The molecule has 0 spiro atoms. The van der Waals surface area contributed by atoms with Gasteiger partial charge in [-0.05, 0) is 44.0 Å². The highest BCUT2D eigenvalue weighted by Gasteiger charge is 2.08. The molecule has 0 fully saturated rings. The molecule has 4 heteroatoms. The Kier molecular flexibility index (Phi) is 5.68. The van der Waals surface area contributed by atoms with E-state index in [9.17, 15) is 0 Å². The van der Waals surface area contributed by atoms with Gasteiger partial charge in [-0.2, -0.15) is 0 Å². The van der Waals surface area contributed by atoms with E-state index in [1.165, 1.54) is 5.56 Å². The van der Waals surface area contributed by atoms with E-state index < -0.39 is 0 Å². The number of nitrogens with two attached hydrogens (primary N) is 1. The van der Waals surface area contributed by atoms with Crippen LogP contribution in [-0.2, 0) is 13.0 Å². The molecule has 2 nitrogen and oxygen atoms in total. The molecule has 0 saturated carbocycles. The molecule has 1 atom stereocenters. The lowest BCUT2D eigenvalue weighted by Gasteiger charge is -2.14. The second kappa shape index (κ2) is 7.30. The summed E-state index contributed by atoms with van der Waals surface area (Å²) in [5.41, 5.74) is 9.22. The van der Waals surface area contributed by atoms with Gasteiger partial charge in [-0.15, -0.1) is 0 Å². The van der Waals surface area contributed by atoms with Crippen LogP contribution in [0.4, 0.5) is 0 Å². The molecule has 0 heterocycles. The van der Waals surface area contributed by atoms with Crippen molar-refractivity contribution in [3.05, 3.63) is 62.6 Å². The quantitative estimate of drug-likeness (QED) is 0.816. The Bertz CT molecular complexity index is 628. The van der Waals surface area contributed by atoms with Crippen molar-refractivity contribution < 1.29 is 4.74 Å². The molecule has 0 aliphatic heterocycles. The summed E-state index contributed by atoms with van der Waals surface area (Å²) in [7, 11) is 0. The molecule has 0 aliphatic carbocycles. The van der Waals surface area contributed by atoms with Gasteiger partial charge in [0, 0.05) is 21.1 Å². The van der Waals surface area contributed by atoms with Crippen molar-refractivity contribution in [1.29, 1.82) is 0 Å². The van der Waals surface area contributed by atoms with Crippen molar-refractivity contribution in [1.82, 2.24) is 0 Å². The molecule has 112 valence electrons. The Labute approximate surface area is 139 Å². The van der Waals surface area contributed by atoms with Gasteiger partial charge in [0.2, 0.25) is 0 Å². The summed E-state index contributed by atoms with van der Waals surface area (Å²) in [6.45, 7) is 4.51. The zero-order valence-electron chi connectivity index (χ0n) is 12.2. The van der Waals surface area contributed by atoms with Gasteiger partial charge in [-0.1, -0.05) is 51.3 Å². The summed E-state index contributed by atoms with van der Waals surface area (Å²) < 4.78 is 6.91. The molecule has 0 amide bonds. The molecule has 2 N–H and O–H groups in total. The van der Waals surface area contributed by atoms with E-state index in [-0.39, 0.29) is 6.04 Å². The predicted molar refractivity (Wildman–Crippen MR) is 92.0 cm³/mol. The van der Waals surface area contributed by atoms with E-state index in [1.807, 2.05) is 37.3 Å². The van der Waals surface area contributed by atoms with Gasteiger partial charge in [0.25, 0.3) is 0 Å². The number of rotatable bonds is 5. The first-order chi connectivity index (χ1) is 9.95. The Hall–Kier alpha value is -1.03. The second-order valence-corrected chi connectivity index (χ2v) is 6.64. The molecule has 2 aromatic rings. The first kappa shape index (κ1) is 16.3. The molecule has 0 saturated heterocycles. The van der Waals surface area contributed by atoms with Crippen molar-refractivity contribution in [2.24, 2.45) is 5.73 Å². The maximum absolute atomic E-state index is 6.22. The lowest BCUT2D eigenvalue weighted by atomic mass is 10.0. The summed E-state index contributed by atoms with van der Waals surface area (Å²) in [6, 6.07) is 12.1. The minimum absolute atomic E-state index is 0.102. The SMILES string of the molecule is Cc1ccc(OCc2ccc(Br)cc2Cl)c(CC(C)N)c1. The minimum Gasteiger partial charge on any atom is -0.489 e. The van der Waals surface area contributed by atoms with Crippen molar-refractivity contribution in [3.8, 4) is 5.75 Å². The molecule has 2 aromatic carbocycles. The first-order valence-electron chi connectivity index (χ1n) is 6.87. The van der Waals surface area contributed by atoms with Gasteiger partial charge in [-0.3, -0.25) is 0 Å². The smallest absolute Gasteiger partial charge is 0.123 e. The number of halogens is 2. The highest BCUT2D eigenvalue weighted by atomic mass is 79.9. The summed E-state index contributed by atoms with van der Waals surface area (Å²) in [5, 5.41) is 0.699. The van der Waals surface area contributed by atoms with Crippen LogP contribution in [0.3, 0.4) is 0 Å². The Morgan fingerprint density at radius 1 is 1.19 bits per heavy atom. The number of benzene rings is 2. The average Bonchev–Trinajstić information content (AvgIpc) is 2.39. The van der Waals surface area contributed by atoms with Gasteiger partial charge < -0.3 is 10.5 Å². The zero-order valence-corrected chi connectivity index (χ0v) is 14.5. The first-order valence-corrected chi connectivity index (χ1v) is 8.04. The van der Waals surface area contributed by atoms with Gasteiger partial charge in [0.1, 0.15) is 12.4 Å². The summed E-state index contributed by atoms with van der Waals surface area (Å²) >= 11 is 9.61. The van der Waals surface area contributed by atoms with Gasteiger partial charge >= 0.3 is 0 Å². The zero-order chi connectivity index (χ0) is 15.4. The molecule has 21 heavy (non-hydrogen) atoms. The largest absolute Gasteiger partial charge is 0.489 e. The van der Waals surface area contributed by atoms with Crippen LogP contribution >= 0.6 is 27.5 Å². The van der Waals surface area contributed by atoms with Crippen LogP contribution in [0.25, 0.3) is 0 Å². The lowest BCUT2D eigenvalue weighted by molar-refractivity contribution is 0.302. The standard InChI is InChI=1S/C17H19BrClNO/c1-11-3-6-17(14(7-11)8-12(2)20)21-10-13-4-5-15(18)9-16(13)19/h3-7,9,12H,8,10,20H2,1-2H3. The number of ether oxygens (including phenoxy) is 1. The van der Waals surface area contributed by atoms with Crippen molar-refractivity contribution in [2.75, 3.05) is 0 Å². The van der Waals surface area contributed by atoms with Crippen LogP contribution in [0.2, 0.25) is 5.02 Å². The average molecular weight is 369 g/mol. The number of hydrogen-bond donors (Lipinski definition) is 1. The Morgan fingerprint density at radius 3 is 2.62 bits per heavy atom. The van der Waals surface area contributed by atoms with Crippen LogP contribution < -0.4 is 10.5 Å². The van der Waals surface area contributed by atoms with E-state index in [4.69, 9.17) is 22.1 Å². The fourth-order valence-corrected chi connectivity index (χ4v) is 2.88. The van der Waals surface area contributed by atoms with Crippen molar-refractivity contribution in [3.63, 3.8) is 0 Å². The highest BCUT2D eigenvalue weighted by molar-refractivity contribution is 9.10. The third kappa shape index (κ3) is 4.73. The fraction of sp³-hybridized carbons (Fsp3) is 0.294. The molecule has 2 rings (SSSR count). The fourth-order valence-electron chi connectivity index (χ4n) is 2.15. The predicted octanol–water partition coefficient (Wildman–Crippen LogP) is 4.88. The summed E-state index contributed by atoms with van der Waals surface area (Å²) in [5.74, 6) is 0.872. The molecule has 0 aromatic heterocycles. The number of aryl methyl sites for hydroxylation is 1. The molecule has 0 bridgehead atoms. The van der Waals surface area contributed by atoms with E-state index in [2.05, 4.69) is 28.9 Å². The van der Waals surface area contributed by atoms with Gasteiger partial charge in [0.05, 0.1) is 0 Å². The summed E-state index contributed by atoms with van der Waals surface area (Å²) in [6.07, 6.45) is 0.797. The molecule has 0 radical (unpaired) electrons. The maximum Gasteiger partial charge on any atom is 0.123 e. The van der Waals surface area contributed by atoms with E-state index in [0.29, 0.717) is 11.6 Å². The van der Waals surface area contributed by atoms with Gasteiger partial charge in [-0.25, -0.2) is 0 Å². The third-order valence-electron chi connectivity index (χ3n) is 3.16. The lowest BCUT2D eigenvalue weighted by Crippen LogP contribution is -2.18. The molecular formula is C17H19BrClNO. The number of hydrogen-bond acceptors (Lipinski definition) is 2. The topological polar surface area (TPSA) is 35.2 Å². The maximum atomic E-state index is 6.22. The van der Waals surface area contributed by atoms with Crippen molar-refractivity contribution in [2.45, 2.75) is 32.9 Å². The van der Waals surface area contributed by atoms with Crippen LogP contribution in [0, 0.1) is 6.92 Å². The van der Waals surface area contributed by atoms with Crippen LogP contribution in [0.5, 0.6) is 5.75 Å². The molecule has 1 unspecified atom stereocenters. The van der Waals surface area contributed by atoms with E-state index in [0.717, 1.165) is 27.8 Å². The van der Waals surface area contributed by atoms with E-state index in [1.54, 1.807) is 0 Å². The molecular weight excluding hydrogens is 350 g/mol. The van der Waals surface area contributed by atoms with Crippen LogP contribution in [0.15, 0.2) is 40.9 Å². The minimum atomic E-state index is 0.102.